The summed E-state index contributed by atoms with van der Waals surface area (Å²) < 4.78 is 5.91. The van der Waals surface area contributed by atoms with Gasteiger partial charge in [-0.1, -0.05) is 54.1 Å². The molecule has 5 nitrogen and oxygen atoms in total. The Balaban J connectivity index is 1.25. The van der Waals surface area contributed by atoms with Crippen LogP contribution in [0.15, 0.2) is 72.8 Å². The molecule has 1 fully saturated rings. The molecule has 1 aliphatic heterocycles. The van der Waals surface area contributed by atoms with Crippen molar-refractivity contribution in [2.24, 2.45) is 0 Å². The van der Waals surface area contributed by atoms with Gasteiger partial charge < -0.3 is 14.7 Å². The average molecular weight is 493 g/mol. The fourth-order valence-corrected chi connectivity index (χ4v) is 4.62. The van der Waals surface area contributed by atoms with Gasteiger partial charge in [0.25, 0.3) is 0 Å². The van der Waals surface area contributed by atoms with Gasteiger partial charge in [0.1, 0.15) is 18.5 Å². The van der Waals surface area contributed by atoms with E-state index in [0.29, 0.717) is 35.7 Å². The largest absolute Gasteiger partial charge is 0.490 e. The number of rotatable bonds is 10. The number of ketones is 1. The molecule has 6 heteroatoms. The number of hydrogen-bond acceptors (Lipinski definition) is 5. The summed E-state index contributed by atoms with van der Waals surface area (Å²) >= 11 is 5.94. The molecule has 0 aliphatic carbocycles. The molecule has 1 heterocycles. The number of aryl methyl sites for hydroxylation is 2. The number of halogens is 1. The van der Waals surface area contributed by atoms with Crippen LogP contribution in [0.25, 0.3) is 0 Å². The molecule has 35 heavy (non-hydrogen) atoms. The highest BCUT2D eigenvalue weighted by molar-refractivity contribution is 6.30. The number of benzene rings is 3. The Morgan fingerprint density at radius 3 is 2.40 bits per heavy atom. The first-order valence-electron chi connectivity index (χ1n) is 12.2. The number of para-hydroxylation sites is 2. The monoisotopic (exact) mass is 492 g/mol. The van der Waals surface area contributed by atoms with Crippen molar-refractivity contribution in [1.29, 1.82) is 0 Å². The van der Waals surface area contributed by atoms with Crippen molar-refractivity contribution in [3.05, 3.63) is 94.5 Å². The summed E-state index contributed by atoms with van der Waals surface area (Å²) in [6, 6.07) is 23.3. The van der Waals surface area contributed by atoms with E-state index >= 15 is 0 Å². The van der Waals surface area contributed by atoms with Crippen molar-refractivity contribution in [2.45, 2.75) is 25.9 Å². The molecule has 184 valence electrons. The summed E-state index contributed by atoms with van der Waals surface area (Å²) in [7, 11) is 0. The molecule has 0 radical (unpaired) electrons. The maximum atomic E-state index is 12.9. The Morgan fingerprint density at radius 1 is 0.971 bits per heavy atom. The lowest BCUT2D eigenvalue weighted by Gasteiger charge is -2.37. The lowest BCUT2D eigenvalue weighted by Crippen LogP contribution is -2.49. The molecule has 1 saturated heterocycles. The minimum absolute atomic E-state index is 0.0253. The summed E-state index contributed by atoms with van der Waals surface area (Å²) in [5.74, 6) is 0.550. The molecule has 3 aromatic carbocycles. The number of β-amino-alcohol motifs (C(OH)–C–C–N with tert-alkyl or cyclic N) is 1. The van der Waals surface area contributed by atoms with Gasteiger partial charge in [0.2, 0.25) is 0 Å². The second kappa shape index (κ2) is 12.2. The molecule has 0 spiro atoms. The van der Waals surface area contributed by atoms with E-state index in [-0.39, 0.29) is 12.4 Å². The number of nitrogens with zero attached hydrogens (tertiary/aromatic N) is 2. The number of ether oxygens (including phenoxy) is 1. The molecule has 1 aliphatic rings. The second-order valence-electron chi connectivity index (χ2n) is 9.08. The van der Waals surface area contributed by atoms with Gasteiger partial charge >= 0.3 is 0 Å². The van der Waals surface area contributed by atoms with Crippen LogP contribution in [-0.4, -0.2) is 61.2 Å². The summed E-state index contributed by atoms with van der Waals surface area (Å²) in [4.78, 5) is 17.5. The number of piperazine rings is 1. The third kappa shape index (κ3) is 7.07. The second-order valence-corrected chi connectivity index (χ2v) is 9.52. The Morgan fingerprint density at radius 2 is 1.66 bits per heavy atom. The van der Waals surface area contributed by atoms with E-state index in [0.717, 1.165) is 31.7 Å². The molecule has 0 saturated carbocycles. The molecule has 1 N–H and O–H groups in total. The number of aliphatic hydroxyl groups excluding tert-OH is 1. The molecule has 1 atom stereocenters. The normalized spacial score (nSPS) is 15.1. The van der Waals surface area contributed by atoms with Gasteiger partial charge in [-0.25, -0.2) is 0 Å². The van der Waals surface area contributed by atoms with Crippen LogP contribution in [0.3, 0.4) is 0 Å². The van der Waals surface area contributed by atoms with Crippen molar-refractivity contribution in [3.8, 4) is 5.75 Å². The Kier molecular flexibility index (Phi) is 8.80. The summed E-state index contributed by atoms with van der Waals surface area (Å²) in [6.07, 6.45) is 0.397. The molecule has 0 amide bonds. The van der Waals surface area contributed by atoms with E-state index in [1.54, 1.807) is 12.1 Å². The Labute approximate surface area is 212 Å². The smallest absolute Gasteiger partial charge is 0.166 e. The van der Waals surface area contributed by atoms with Crippen molar-refractivity contribution in [2.75, 3.05) is 44.2 Å². The highest BCUT2D eigenvalue weighted by Gasteiger charge is 2.21. The third-order valence-electron chi connectivity index (χ3n) is 6.47. The SMILES string of the molecule is Cc1ccccc1N1CCN(C[C@@H](O)COc2ccccc2C(=O)CCc2ccc(Cl)cc2)CC1. The van der Waals surface area contributed by atoms with Crippen molar-refractivity contribution < 1.29 is 14.6 Å². The molecule has 4 rings (SSSR count). The first-order chi connectivity index (χ1) is 17.0. The van der Waals surface area contributed by atoms with Gasteiger partial charge in [0.05, 0.1) is 5.56 Å². The van der Waals surface area contributed by atoms with E-state index in [1.165, 1.54) is 11.3 Å². The number of Topliss-reactive ketones (excluding diaryl/α,β-unsaturated/α-hetero) is 1. The first-order valence-corrected chi connectivity index (χ1v) is 12.6. The van der Waals surface area contributed by atoms with Gasteiger partial charge in [0, 0.05) is 49.9 Å². The Bertz CT molecular complexity index is 1110. The lowest BCUT2D eigenvalue weighted by atomic mass is 10.0. The van der Waals surface area contributed by atoms with E-state index in [2.05, 4.69) is 41.0 Å². The van der Waals surface area contributed by atoms with Crippen molar-refractivity contribution >= 4 is 23.1 Å². The maximum absolute atomic E-state index is 12.9. The van der Waals surface area contributed by atoms with Gasteiger partial charge in [-0.05, 0) is 54.8 Å². The lowest BCUT2D eigenvalue weighted by molar-refractivity contribution is 0.0655. The number of carbonyl (C=O) groups is 1. The van der Waals surface area contributed by atoms with Crippen LogP contribution in [0.2, 0.25) is 5.02 Å². The van der Waals surface area contributed by atoms with E-state index < -0.39 is 6.10 Å². The zero-order valence-corrected chi connectivity index (χ0v) is 21.0. The molecule has 3 aromatic rings. The summed E-state index contributed by atoms with van der Waals surface area (Å²) in [5.41, 5.74) is 4.20. The zero-order valence-electron chi connectivity index (χ0n) is 20.2. The Hall–Kier alpha value is -2.86. The predicted octanol–water partition coefficient (Wildman–Crippen LogP) is 5.03. The van der Waals surface area contributed by atoms with Gasteiger partial charge in [-0.15, -0.1) is 0 Å². The van der Waals surface area contributed by atoms with E-state index in [4.69, 9.17) is 16.3 Å². The van der Waals surface area contributed by atoms with Crippen LogP contribution >= 0.6 is 11.6 Å². The van der Waals surface area contributed by atoms with E-state index in [9.17, 15) is 9.90 Å². The van der Waals surface area contributed by atoms with Crippen LogP contribution < -0.4 is 9.64 Å². The molecule has 0 aromatic heterocycles. The number of carbonyl (C=O) groups excluding carboxylic acids is 1. The number of aliphatic hydroxyl groups is 1. The average Bonchev–Trinajstić information content (AvgIpc) is 2.88. The van der Waals surface area contributed by atoms with Crippen LogP contribution in [-0.2, 0) is 6.42 Å². The maximum Gasteiger partial charge on any atom is 0.166 e. The molecule has 0 unspecified atom stereocenters. The number of hydrogen-bond donors (Lipinski definition) is 1. The van der Waals surface area contributed by atoms with Crippen LogP contribution in [0.1, 0.15) is 27.9 Å². The standard InChI is InChI=1S/C29H33ClN2O3/c1-22-6-2-4-8-27(22)32-18-16-31(17-19-32)20-25(33)21-35-29-9-5-3-7-26(29)28(34)15-12-23-10-13-24(30)14-11-23/h2-11,13-14,25,33H,12,15-21H2,1H3/t25-/m1/s1. The first kappa shape index (κ1) is 25.2. The minimum Gasteiger partial charge on any atom is -0.490 e. The highest BCUT2D eigenvalue weighted by Crippen LogP contribution is 2.23. The summed E-state index contributed by atoms with van der Waals surface area (Å²) in [6.45, 7) is 6.50. The third-order valence-corrected chi connectivity index (χ3v) is 6.72. The van der Waals surface area contributed by atoms with Crippen molar-refractivity contribution in [1.82, 2.24) is 4.90 Å². The van der Waals surface area contributed by atoms with Crippen LogP contribution in [0, 0.1) is 6.92 Å². The summed E-state index contributed by atoms with van der Waals surface area (Å²) in [5, 5.41) is 11.3. The minimum atomic E-state index is -0.628. The fourth-order valence-electron chi connectivity index (χ4n) is 4.49. The van der Waals surface area contributed by atoms with Crippen LogP contribution in [0.5, 0.6) is 5.75 Å². The van der Waals surface area contributed by atoms with Gasteiger partial charge in [-0.3, -0.25) is 9.69 Å². The number of anilines is 1. The van der Waals surface area contributed by atoms with Crippen molar-refractivity contribution in [3.63, 3.8) is 0 Å². The zero-order chi connectivity index (χ0) is 24.6. The molecule has 0 bridgehead atoms. The predicted molar refractivity (Wildman–Crippen MR) is 142 cm³/mol. The topological polar surface area (TPSA) is 53.0 Å². The molecular formula is C29H33ClN2O3. The van der Waals surface area contributed by atoms with Gasteiger partial charge in [0.15, 0.2) is 5.78 Å². The van der Waals surface area contributed by atoms with Crippen LogP contribution in [0.4, 0.5) is 5.69 Å². The molecular weight excluding hydrogens is 460 g/mol. The highest BCUT2D eigenvalue weighted by atomic mass is 35.5. The van der Waals surface area contributed by atoms with Gasteiger partial charge in [-0.2, -0.15) is 0 Å². The van der Waals surface area contributed by atoms with E-state index in [1.807, 2.05) is 36.4 Å². The quantitative estimate of drug-likeness (QED) is 0.402. The fraction of sp³-hybridized carbons (Fsp3) is 0.345.